The highest BCUT2D eigenvalue weighted by molar-refractivity contribution is 5.80. The van der Waals surface area contributed by atoms with Gasteiger partial charge in [0.05, 0.1) is 12.7 Å². The second-order valence-electron chi connectivity index (χ2n) is 5.56. The van der Waals surface area contributed by atoms with Crippen molar-refractivity contribution in [2.45, 2.75) is 25.0 Å². The lowest BCUT2D eigenvalue weighted by Gasteiger charge is -2.35. The van der Waals surface area contributed by atoms with E-state index < -0.39 is 11.5 Å². The Balaban J connectivity index is 2.12. The number of rotatable bonds is 6. The predicted molar refractivity (Wildman–Crippen MR) is 81.3 cm³/mol. The maximum Gasteiger partial charge on any atom is 0.328 e. The van der Waals surface area contributed by atoms with Crippen LogP contribution in [0.1, 0.15) is 18.9 Å². The Morgan fingerprint density at radius 2 is 2.19 bits per heavy atom. The van der Waals surface area contributed by atoms with E-state index in [1.807, 2.05) is 37.3 Å². The van der Waals surface area contributed by atoms with Crippen LogP contribution >= 0.6 is 0 Å². The molecule has 0 saturated carbocycles. The summed E-state index contributed by atoms with van der Waals surface area (Å²) in [6, 6.07) is 9.39. The minimum absolute atomic E-state index is 0.212. The van der Waals surface area contributed by atoms with Gasteiger partial charge in [0.15, 0.2) is 0 Å². The molecule has 1 aromatic carbocycles. The van der Waals surface area contributed by atoms with E-state index in [0.29, 0.717) is 13.0 Å². The van der Waals surface area contributed by atoms with E-state index in [9.17, 15) is 9.90 Å². The van der Waals surface area contributed by atoms with E-state index in [0.717, 1.165) is 25.2 Å². The molecule has 1 heterocycles. The van der Waals surface area contributed by atoms with Gasteiger partial charge in [0.25, 0.3) is 0 Å². The number of nitrogens with one attached hydrogen (secondary N) is 1. The Morgan fingerprint density at radius 1 is 1.48 bits per heavy atom. The highest BCUT2D eigenvalue weighted by Gasteiger charge is 2.39. The summed E-state index contributed by atoms with van der Waals surface area (Å²) >= 11 is 0. The normalized spacial score (nSPS) is 22.7. The maximum absolute atomic E-state index is 11.9. The average Bonchev–Trinajstić information content (AvgIpc) is 2.49. The molecule has 0 aliphatic carbocycles. The van der Waals surface area contributed by atoms with Gasteiger partial charge in [-0.1, -0.05) is 30.3 Å². The molecule has 2 N–H and O–H groups in total. The topological polar surface area (TPSA) is 61.8 Å². The van der Waals surface area contributed by atoms with Crippen LogP contribution < -0.4 is 5.32 Å². The molecule has 0 amide bonds. The predicted octanol–water partition coefficient (Wildman–Crippen LogP) is 1.30. The summed E-state index contributed by atoms with van der Waals surface area (Å²) in [5.41, 5.74) is -0.246. The van der Waals surface area contributed by atoms with Gasteiger partial charge in [0, 0.05) is 19.6 Å². The third-order valence-corrected chi connectivity index (χ3v) is 4.19. The Morgan fingerprint density at radius 3 is 2.76 bits per heavy atom. The van der Waals surface area contributed by atoms with Crippen molar-refractivity contribution in [3.63, 3.8) is 0 Å². The monoisotopic (exact) mass is 292 g/mol. The lowest BCUT2D eigenvalue weighted by atomic mass is 9.86. The summed E-state index contributed by atoms with van der Waals surface area (Å²) in [6.45, 7) is 5.21. The highest BCUT2D eigenvalue weighted by Crippen LogP contribution is 2.26. The smallest absolute Gasteiger partial charge is 0.328 e. The Hall–Kier alpha value is -1.43. The molecule has 1 aliphatic rings. The zero-order chi connectivity index (χ0) is 15.3. The number of carbonyl (C=O) groups is 1. The molecule has 0 bridgehead atoms. The van der Waals surface area contributed by atoms with Crippen LogP contribution in [0.3, 0.4) is 0 Å². The Bertz CT molecular complexity index is 466. The molecule has 1 fully saturated rings. The summed E-state index contributed by atoms with van der Waals surface area (Å²) in [5, 5.41) is 12.8. The first-order valence-corrected chi connectivity index (χ1v) is 7.40. The second kappa shape index (κ2) is 7.02. The number of ether oxygens (including phenoxy) is 1. The van der Waals surface area contributed by atoms with Crippen molar-refractivity contribution in [1.82, 2.24) is 10.2 Å². The number of likely N-dealkylation sites (N-methyl/N-ethyl adjacent to an activating group) is 1. The molecule has 0 spiro atoms. The third-order valence-electron chi connectivity index (χ3n) is 4.19. The molecular formula is C16H24N2O3. The second-order valence-corrected chi connectivity index (χ2v) is 5.56. The fourth-order valence-electron chi connectivity index (χ4n) is 2.89. The van der Waals surface area contributed by atoms with E-state index in [4.69, 9.17) is 4.74 Å². The van der Waals surface area contributed by atoms with E-state index >= 15 is 0 Å². The van der Waals surface area contributed by atoms with Crippen LogP contribution in [0.5, 0.6) is 0 Å². The lowest BCUT2D eigenvalue weighted by molar-refractivity contribution is -0.145. The van der Waals surface area contributed by atoms with Gasteiger partial charge in [0.1, 0.15) is 5.54 Å². The Labute approximate surface area is 125 Å². The number of aliphatic carboxylic acids is 1. The SMILES string of the molecule is CNC(CCN1CCOC(C)C1)(C(=O)O)c1ccccc1. The summed E-state index contributed by atoms with van der Waals surface area (Å²) in [5.74, 6) is -0.836. The average molecular weight is 292 g/mol. The molecule has 1 aromatic rings. The molecule has 2 unspecified atom stereocenters. The quantitative estimate of drug-likeness (QED) is 0.827. The number of carboxylic acid groups (broad SMARTS) is 1. The number of hydrogen-bond acceptors (Lipinski definition) is 4. The van der Waals surface area contributed by atoms with Crippen molar-refractivity contribution < 1.29 is 14.6 Å². The summed E-state index contributed by atoms with van der Waals surface area (Å²) in [6.07, 6.45) is 0.736. The molecule has 5 heteroatoms. The van der Waals surface area contributed by atoms with Crippen LogP contribution in [0.4, 0.5) is 0 Å². The van der Waals surface area contributed by atoms with Crippen LogP contribution in [0, 0.1) is 0 Å². The van der Waals surface area contributed by atoms with Gasteiger partial charge in [-0.2, -0.15) is 0 Å². The Kier molecular flexibility index (Phi) is 5.33. The largest absolute Gasteiger partial charge is 0.480 e. The van der Waals surface area contributed by atoms with E-state index in [2.05, 4.69) is 10.2 Å². The van der Waals surface area contributed by atoms with E-state index in [1.165, 1.54) is 0 Å². The van der Waals surface area contributed by atoms with Gasteiger partial charge < -0.3 is 15.2 Å². The summed E-state index contributed by atoms with van der Waals surface area (Å²) in [4.78, 5) is 14.2. The van der Waals surface area contributed by atoms with E-state index in [-0.39, 0.29) is 6.10 Å². The fourth-order valence-corrected chi connectivity index (χ4v) is 2.89. The molecule has 116 valence electrons. The van der Waals surface area contributed by atoms with Crippen LogP contribution in [0.15, 0.2) is 30.3 Å². The van der Waals surface area contributed by atoms with Crippen molar-refractivity contribution in [3.05, 3.63) is 35.9 Å². The fraction of sp³-hybridized carbons (Fsp3) is 0.562. The molecule has 21 heavy (non-hydrogen) atoms. The minimum atomic E-state index is -1.04. The zero-order valence-electron chi connectivity index (χ0n) is 12.7. The van der Waals surface area contributed by atoms with Gasteiger partial charge in [-0.15, -0.1) is 0 Å². The first-order chi connectivity index (χ1) is 10.1. The molecule has 1 saturated heterocycles. The molecular weight excluding hydrogens is 268 g/mol. The number of benzene rings is 1. The number of morpholine rings is 1. The van der Waals surface area contributed by atoms with Crippen molar-refractivity contribution >= 4 is 5.97 Å². The summed E-state index contributed by atoms with van der Waals surface area (Å²) < 4.78 is 5.52. The van der Waals surface area contributed by atoms with Gasteiger partial charge in [0.2, 0.25) is 0 Å². The van der Waals surface area contributed by atoms with Gasteiger partial charge in [-0.05, 0) is 26.0 Å². The molecule has 2 rings (SSSR count). The lowest BCUT2D eigenvalue weighted by Crippen LogP contribution is -2.51. The van der Waals surface area contributed by atoms with Crippen molar-refractivity contribution in [2.24, 2.45) is 0 Å². The van der Waals surface area contributed by atoms with Crippen molar-refractivity contribution in [3.8, 4) is 0 Å². The maximum atomic E-state index is 11.9. The third kappa shape index (κ3) is 3.61. The van der Waals surface area contributed by atoms with Crippen molar-refractivity contribution in [2.75, 3.05) is 33.3 Å². The first kappa shape index (κ1) is 15.9. The van der Waals surface area contributed by atoms with Crippen LogP contribution in [0.2, 0.25) is 0 Å². The van der Waals surface area contributed by atoms with Crippen LogP contribution in [0.25, 0.3) is 0 Å². The molecule has 0 radical (unpaired) electrons. The number of hydrogen-bond donors (Lipinski definition) is 2. The summed E-state index contributed by atoms with van der Waals surface area (Å²) in [7, 11) is 1.71. The first-order valence-electron chi connectivity index (χ1n) is 7.40. The van der Waals surface area contributed by atoms with Gasteiger partial charge >= 0.3 is 5.97 Å². The minimum Gasteiger partial charge on any atom is -0.480 e. The number of nitrogens with zero attached hydrogens (tertiary/aromatic N) is 1. The molecule has 0 aromatic heterocycles. The van der Waals surface area contributed by atoms with Gasteiger partial charge in [-0.3, -0.25) is 4.90 Å². The molecule has 2 atom stereocenters. The molecule has 5 nitrogen and oxygen atoms in total. The van der Waals surface area contributed by atoms with Crippen molar-refractivity contribution in [1.29, 1.82) is 0 Å². The van der Waals surface area contributed by atoms with Gasteiger partial charge in [-0.25, -0.2) is 4.79 Å². The zero-order valence-corrected chi connectivity index (χ0v) is 12.7. The highest BCUT2D eigenvalue weighted by atomic mass is 16.5. The van der Waals surface area contributed by atoms with Crippen LogP contribution in [-0.4, -0.2) is 55.4 Å². The van der Waals surface area contributed by atoms with Crippen LogP contribution in [-0.2, 0) is 15.1 Å². The standard InChI is InChI=1S/C16H24N2O3/c1-13-12-18(10-11-21-13)9-8-16(17-2,15(19)20)14-6-4-3-5-7-14/h3-7,13,17H,8-12H2,1-2H3,(H,19,20). The number of carboxylic acids is 1. The van der Waals surface area contributed by atoms with E-state index in [1.54, 1.807) is 7.05 Å². The molecule has 1 aliphatic heterocycles.